The third kappa shape index (κ3) is 5.03. The Morgan fingerprint density at radius 1 is 1.52 bits per heavy atom. The maximum absolute atomic E-state index is 12.3. The van der Waals surface area contributed by atoms with Crippen LogP contribution >= 0.6 is 0 Å². The molecule has 0 saturated carbocycles. The Labute approximate surface area is 126 Å². The van der Waals surface area contributed by atoms with Crippen LogP contribution in [0.2, 0.25) is 0 Å². The van der Waals surface area contributed by atoms with Gasteiger partial charge in [-0.2, -0.15) is 12.7 Å². The fourth-order valence-electron chi connectivity index (χ4n) is 2.58. The average molecular weight is 313 g/mol. The Morgan fingerprint density at radius 2 is 2.38 bits per heavy atom. The fourth-order valence-corrected chi connectivity index (χ4v) is 3.90. The smallest absolute Gasteiger partial charge is 0.279 e. The standard InChI is InChI=1S/C14H23N3O3S/c1-20-12-14-5-3-9-17(11-14)21(18,19)16-8-6-13-4-2-7-15-10-13/h2,4,7,10,14,16H,3,5-6,8-9,11-12H2,1H3. The van der Waals surface area contributed by atoms with Gasteiger partial charge in [-0.1, -0.05) is 6.07 Å². The molecule has 1 saturated heterocycles. The summed E-state index contributed by atoms with van der Waals surface area (Å²) in [4.78, 5) is 4.02. The molecule has 0 bridgehead atoms. The van der Waals surface area contributed by atoms with Crippen LogP contribution in [0, 0.1) is 5.92 Å². The van der Waals surface area contributed by atoms with Gasteiger partial charge < -0.3 is 4.74 Å². The molecule has 7 heteroatoms. The largest absolute Gasteiger partial charge is 0.384 e. The molecule has 1 atom stereocenters. The Bertz CT molecular complexity index is 520. The summed E-state index contributed by atoms with van der Waals surface area (Å²) in [6.07, 6.45) is 6.01. The highest BCUT2D eigenvalue weighted by atomic mass is 32.2. The zero-order valence-corrected chi connectivity index (χ0v) is 13.2. The second-order valence-electron chi connectivity index (χ2n) is 5.33. The van der Waals surface area contributed by atoms with Gasteiger partial charge in [-0.3, -0.25) is 4.98 Å². The highest BCUT2D eigenvalue weighted by molar-refractivity contribution is 7.87. The lowest BCUT2D eigenvalue weighted by atomic mass is 10.0. The molecule has 118 valence electrons. The Balaban J connectivity index is 1.83. The second-order valence-corrected chi connectivity index (χ2v) is 7.09. The van der Waals surface area contributed by atoms with Crippen LogP contribution in [0.3, 0.4) is 0 Å². The molecular weight excluding hydrogens is 290 g/mol. The summed E-state index contributed by atoms with van der Waals surface area (Å²) < 4.78 is 33.9. The van der Waals surface area contributed by atoms with Gasteiger partial charge in [-0.15, -0.1) is 0 Å². The number of nitrogens with one attached hydrogen (secondary N) is 1. The van der Waals surface area contributed by atoms with Crippen LogP contribution in [0.15, 0.2) is 24.5 Å². The predicted octanol–water partition coefficient (Wildman–Crippen LogP) is 0.817. The van der Waals surface area contributed by atoms with Crippen molar-refractivity contribution in [2.24, 2.45) is 5.92 Å². The van der Waals surface area contributed by atoms with Gasteiger partial charge >= 0.3 is 0 Å². The first kappa shape index (κ1) is 16.4. The number of hydrogen-bond acceptors (Lipinski definition) is 4. The lowest BCUT2D eigenvalue weighted by Crippen LogP contribution is -2.47. The molecule has 2 heterocycles. The summed E-state index contributed by atoms with van der Waals surface area (Å²) in [6.45, 7) is 2.12. The van der Waals surface area contributed by atoms with Crippen LogP contribution in [-0.2, 0) is 21.4 Å². The molecule has 1 N–H and O–H groups in total. The van der Waals surface area contributed by atoms with E-state index >= 15 is 0 Å². The molecule has 0 aromatic carbocycles. The number of nitrogens with zero attached hydrogens (tertiary/aromatic N) is 2. The second kappa shape index (κ2) is 7.84. The molecule has 1 aromatic rings. The van der Waals surface area contributed by atoms with E-state index in [2.05, 4.69) is 9.71 Å². The van der Waals surface area contributed by atoms with E-state index < -0.39 is 10.2 Å². The topological polar surface area (TPSA) is 71.5 Å². The van der Waals surface area contributed by atoms with Gasteiger partial charge in [0, 0.05) is 39.1 Å². The molecule has 0 radical (unpaired) electrons. The van der Waals surface area contributed by atoms with Gasteiger partial charge in [0.05, 0.1) is 6.61 Å². The van der Waals surface area contributed by atoms with Crippen LogP contribution in [0.1, 0.15) is 18.4 Å². The molecular formula is C14H23N3O3S. The van der Waals surface area contributed by atoms with Gasteiger partial charge in [0.2, 0.25) is 0 Å². The Kier molecular flexibility index (Phi) is 6.10. The minimum atomic E-state index is -3.40. The summed E-state index contributed by atoms with van der Waals surface area (Å²) in [6, 6.07) is 3.79. The number of piperidine rings is 1. The van der Waals surface area contributed by atoms with Crippen molar-refractivity contribution in [1.29, 1.82) is 0 Å². The van der Waals surface area contributed by atoms with Crippen molar-refractivity contribution < 1.29 is 13.2 Å². The molecule has 1 unspecified atom stereocenters. The Hall–Kier alpha value is -1.02. The minimum Gasteiger partial charge on any atom is -0.384 e. The van der Waals surface area contributed by atoms with E-state index in [-0.39, 0.29) is 0 Å². The summed E-state index contributed by atoms with van der Waals surface area (Å²) in [5, 5.41) is 0. The summed E-state index contributed by atoms with van der Waals surface area (Å²) in [5.74, 6) is 0.290. The third-order valence-electron chi connectivity index (χ3n) is 3.64. The van der Waals surface area contributed by atoms with Gasteiger partial charge in [0.25, 0.3) is 10.2 Å². The molecule has 0 amide bonds. The number of aromatic nitrogens is 1. The lowest BCUT2D eigenvalue weighted by Gasteiger charge is -2.31. The molecule has 6 nitrogen and oxygen atoms in total. The van der Waals surface area contributed by atoms with E-state index in [1.54, 1.807) is 19.5 Å². The molecule has 1 fully saturated rings. The zero-order valence-electron chi connectivity index (χ0n) is 12.4. The van der Waals surface area contributed by atoms with Crippen molar-refractivity contribution in [3.63, 3.8) is 0 Å². The lowest BCUT2D eigenvalue weighted by molar-refractivity contribution is 0.118. The van der Waals surface area contributed by atoms with E-state index in [9.17, 15) is 8.42 Å². The van der Waals surface area contributed by atoms with Crippen LogP contribution in [-0.4, -0.2) is 51.1 Å². The SMILES string of the molecule is COCC1CCCN(S(=O)(=O)NCCc2cccnc2)C1. The van der Waals surface area contributed by atoms with E-state index in [1.165, 1.54) is 4.31 Å². The predicted molar refractivity (Wildman–Crippen MR) is 81.0 cm³/mol. The van der Waals surface area contributed by atoms with Crippen LogP contribution in [0.5, 0.6) is 0 Å². The third-order valence-corrected chi connectivity index (χ3v) is 5.23. The molecule has 1 aliphatic rings. The van der Waals surface area contributed by atoms with E-state index in [0.717, 1.165) is 18.4 Å². The highest BCUT2D eigenvalue weighted by Gasteiger charge is 2.28. The van der Waals surface area contributed by atoms with Gasteiger partial charge in [0.1, 0.15) is 0 Å². The summed E-state index contributed by atoms with van der Waals surface area (Å²) in [7, 11) is -1.74. The van der Waals surface area contributed by atoms with Crippen molar-refractivity contribution >= 4 is 10.2 Å². The highest BCUT2D eigenvalue weighted by Crippen LogP contribution is 2.18. The van der Waals surface area contributed by atoms with E-state index in [1.807, 2.05) is 12.1 Å². The number of rotatable bonds is 7. The maximum atomic E-state index is 12.3. The molecule has 21 heavy (non-hydrogen) atoms. The van der Waals surface area contributed by atoms with Crippen molar-refractivity contribution in [1.82, 2.24) is 14.0 Å². The molecule has 0 spiro atoms. The van der Waals surface area contributed by atoms with Crippen molar-refractivity contribution in [2.45, 2.75) is 19.3 Å². The normalized spacial score (nSPS) is 20.5. The van der Waals surface area contributed by atoms with E-state index in [0.29, 0.717) is 38.6 Å². The van der Waals surface area contributed by atoms with Crippen molar-refractivity contribution in [3.05, 3.63) is 30.1 Å². The monoisotopic (exact) mass is 313 g/mol. The number of methoxy groups -OCH3 is 1. The molecule has 1 aliphatic heterocycles. The van der Waals surface area contributed by atoms with Crippen LogP contribution in [0.4, 0.5) is 0 Å². The first-order valence-corrected chi connectivity index (χ1v) is 8.68. The summed E-state index contributed by atoms with van der Waals surface area (Å²) in [5.41, 5.74) is 1.02. The van der Waals surface area contributed by atoms with Crippen LogP contribution in [0.25, 0.3) is 0 Å². The van der Waals surface area contributed by atoms with Gasteiger partial charge in [-0.25, -0.2) is 4.72 Å². The van der Waals surface area contributed by atoms with E-state index in [4.69, 9.17) is 4.74 Å². The fraction of sp³-hybridized carbons (Fsp3) is 0.643. The molecule has 0 aliphatic carbocycles. The number of ether oxygens (including phenoxy) is 1. The average Bonchev–Trinajstić information content (AvgIpc) is 2.49. The number of pyridine rings is 1. The first-order valence-electron chi connectivity index (χ1n) is 7.24. The minimum absolute atomic E-state index is 0.290. The zero-order chi connectivity index (χ0) is 15.1. The Morgan fingerprint density at radius 3 is 3.10 bits per heavy atom. The van der Waals surface area contributed by atoms with Gasteiger partial charge in [-0.05, 0) is 36.8 Å². The van der Waals surface area contributed by atoms with Crippen LogP contribution < -0.4 is 4.72 Å². The maximum Gasteiger partial charge on any atom is 0.279 e. The van der Waals surface area contributed by atoms with Gasteiger partial charge in [0.15, 0.2) is 0 Å². The number of hydrogen-bond donors (Lipinski definition) is 1. The summed E-state index contributed by atoms with van der Waals surface area (Å²) >= 11 is 0. The molecule has 1 aromatic heterocycles. The molecule has 2 rings (SSSR count). The van der Waals surface area contributed by atoms with Crippen molar-refractivity contribution in [2.75, 3.05) is 33.4 Å². The quantitative estimate of drug-likeness (QED) is 0.809. The van der Waals surface area contributed by atoms with Crippen molar-refractivity contribution in [3.8, 4) is 0 Å². The first-order chi connectivity index (χ1) is 10.1.